The predicted molar refractivity (Wildman–Crippen MR) is 67.1 cm³/mol. The Bertz CT molecular complexity index is 558. The van der Waals surface area contributed by atoms with E-state index in [1.165, 1.54) is 12.3 Å². The first-order valence-corrected chi connectivity index (χ1v) is 5.93. The molecule has 0 saturated heterocycles. The van der Waals surface area contributed by atoms with Crippen molar-refractivity contribution in [3.8, 4) is 5.69 Å². The molecule has 0 radical (unpaired) electrons. The van der Waals surface area contributed by atoms with Crippen molar-refractivity contribution in [3.05, 3.63) is 41.5 Å². The quantitative estimate of drug-likeness (QED) is 0.895. The monoisotopic (exact) mass is 245 g/mol. The minimum Gasteiger partial charge on any atom is -0.477 e. The van der Waals surface area contributed by atoms with Gasteiger partial charge in [-0.15, -0.1) is 0 Å². The van der Waals surface area contributed by atoms with Crippen LogP contribution in [0.5, 0.6) is 0 Å². The Labute approximate surface area is 105 Å². The lowest BCUT2D eigenvalue weighted by Gasteiger charge is -2.05. The van der Waals surface area contributed by atoms with E-state index >= 15 is 0 Å². The lowest BCUT2D eigenvalue weighted by atomic mass is 10.2. The van der Waals surface area contributed by atoms with E-state index in [-0.39, 0.29) is 5.69 Å². The molecule has 2 heterocycles. The van der Waals surface area contributed by atoms with E-state index in [4.69, 9.17) is 5.11 Å². The van der Waals surface area contributed by atoms with Crippen molar-refractivity contribution in [3.63, 3.8) is 0 Å². The molecule has 0 aliphatic heterocycles. The molecule has 5 heteroatoms. The van der Waals surface area contributed by atoms with Crippen LogP contribution in [0.2, 0.25) is 0 Å². The molecule has 0 bridgehead atoms. The third-order valence-electron chi connectivity index (χ3n) is 2.77. The van der Waals surface area contributed by atoms with E-state index in [1.807, 2.05) is 4.68 Å². The molecule has 0 atom stereocenters. The highest BCUT2D eigenvalue weighted by Gasteiger charge is 2.09. The minimum absolute atomic E-state index is 0.0414. The maximum atomic E-state index is 10.7. The number of aromatic carboxylic acids is 1. The van der Waals surface area contributed by atoms with Crippen LogP contribution in [0.15, 0.2) is 24.4 Å². The Morgan fingerprint density at radius 1 is 1.33 bits per heavy atom. The van der Waals surface area contributed by atoms with Gasteiger partial charge in [0.25, 0.3) is 0 Å². The van der Waals surface area contributed by atoms with Gasteiger partial charge in [-0.2, -0.15) is 5.10 Å². The van der Waals surface area contributed by atoms with Gasteiger partial charge in [-0.3, -0.25) is 0 Å². The summed E-state index contributed by atoms with van der Waals surface area (Å²) in [5.74, 6) is -1.02. The topological polar surface area (TPSA) is 68.0 Å². The van der Waals surface area contributed by atoms with Crippen LogP contribution in [0.4, 0.5) is 0 Å². The van der Waals surface area contributed by atoms with E-state index in [0.717, 1.165) is 29.9 Å². The average molecular weight is 245 g/mol. The van der Waals surface area contributed by atoms with Crippen LogP contribution in [0.1, 0.15) is 35.7 Å². The highest BCUT2D eigenvalue weighted by atomic mass is 16.4. The maximum absolute atomic E-state index is 10.7. The van der Waals surface area contributed by atoms with Crippen molar-refractivity contribution >= 4 is 5.97 Å². The summed E-state index contributed by atoms with van der Waals surface area (Å²) in [6, 6.07) is 5.28. The van der Waals surface area contributed by atoms with Crippen LogP contribution in [-0.4, -0.2) is 25.8 Å². The minimum atomic E-state index is -1.02. The largest absolute Gasteiger partial charge is 0.477 e. The van der Waals surface area contributed by atoms with Crippen molar-refractivity contribution in [2.75, 3.05) is 0 Å². The van der Waals surface area contributed by atoms with Crippen LogP contribution in [-0.2, 0) is 12.8 Å². The molecule has 0 aliphatic rings. The first-order chi connectivity index (χ1) is 8.65. The van der Waals surface area contributed by atoms with E-state index in [9.17, 15) is 4.79 Å². The van der Waals surface area contributed by atoms with E-state index < -0.39 is 5.97 Å². The summed E-state index contributed by atoms with van der Waals surface area (Å²) in [7, 11) is 0. The fourth-order valence-corrected chi connectivity index (χ4v) is 1.76. The molecule has 2 rings (SSSR count). The third-order valence-corrected chi connectivity index (χ3v) is 2.77. The lowest BCUT2D eigenvalue weighted by molar-refractivity contribution is 0.0690. The molecular weight excluding hydrogens is 230 g/mol. The summed E-state index contributed by atoms with van der Waals surface area (Å²) in [5.41, 5.74) is 2.95. The number of aryl methyl sites for hydroxylation is 2. The van der Waals surface area contributed by atoms with Crippen LogP contribution < -0.4 is 0 Å². The Morgan fingerprint density at radius 3 is 2.61 bits per heavy atom. The summed E-state index contributed by atoms with van der Waals surface area (Å²) in [5, 5.41) is 13.3. The van der Waals surface area contributed by atoms with Gasteiger partial charge in [0, 0.05) is 5.69 Å². The van der Waals surface area contributed by atoms with Gasteiger partial charge >= 0.3 is 5.97 Å². The first kappa shape index (κ1) is 12.3. The van der Waals surface area contributed by atoms with E-state index in [1.54, 1.807) is 6.07 Å². The molecular formula is C13H15N3O2. The maximum Gasteiger partial charge on any atom is 0.354 e. The summed E-state index contributed by atoms with van der Waals surface area (Å²) < 4.78 is 1.82. The van der Waals surface area contributed by atoms with Crippen LogP contribution >= 0.6 is 0 Å². The van der Waals surface area contributed by atoms with Gasteiger partial charge in [0.1, 0.15) is 5.69 Å². The zero-order valence-electron chi connectivity index (χ0n) is 10.4. The number of rotatable bonds is 4. The van der Waals surface area contributed by atoms with Gasteiger partial charge in [0.2, 0.25) is 0 Å². The standard InChI is InChI=1S/C13H15N3O2/c1-3-9-7-10(4-2)16(15-9)11-5-6-12(13(17)18)14-8-11/h5-8H,3-4H2,1-2H3,(H,17,18). The van der Waals surface area contributed by atoms with Crippen molar-refractivity contribution in [1.29, 1.82) is 0 Å². The normalized spacial score (nSPS) is 10.6. The molecule has 0 spiro atoms. The van der Waals surface area contributed by atoms with Crippen LogP contribution in [0, 0.1) is 0 Å². The van der Waals surface area contributed by atoms with Gasteiger partial charge < -0.3 is 5.11 Å². The van der Waals surface area contributed by atoms with Gasteiger partial charge in [-0.25, -0.2) is 14.5 Å². The Morgan fingerprint density at radius 2 is 2.11 bits per heavy atom. The highest BCUT2D eigenvalue weighted by Crippen LogP contribution is 2.13. The van der Waals surface area contributed by atoms with Crippen LogP contribution in [0.25, 0.3) is 5.69 Å². The molecule has 0 amide bonds. The zero-order chi connectivity index (χ0) is 13.1. The number of aromatic nitrogens is 3. The smallest absolute Gasteiger partial charge is 0.354 e. The number of pyridine rings is 1. The number of hydrogen-bond donors (Lipinski definition) is 1. The molecule has 1 N–H and O–H groups in total. The molecule has 5 nitrogen and oxygen atoms in total. The molecule has 18 heavy (non-hydrogen) atoms. The average Bonchev–Trinajstić information content (AvgIpc) is 2.82. The van der Waals surface area contributed by atoms with E-state index in [2.05, 4.69) is 30.0 Å². The first-order valence-electron chi connectivity index (χ1n) is 5.93. The Hall–Kier alpha value is -2.17. The van der Waals surface area contributed by atoms with Gasteiger partial charge in [0.15, 0.2) is 0 Å². The van der Waals surface area contributed by atoms with Crippen molar-refractivity contribution < 1.29 is 9.90 Å². The SMILES string of the molecule is CCc1cc(CC)n(-c2ccc(C(=O)O)nc2)n1. The molecule has 0 unspecified atom stereocenters. The van der Waals surface area contributed by atoms with Crippen molar-refractivity contribution in [2.45, 2.75) is 26.7 Å². The number of carbonyl (C=O) groups is 1. The number of carboxylic acid groups (broad SMARTS) is 1. The number of hydrogen-bond acceptors (Lipinski definition) is 3. The van der Waals surface area contributed by atoms with Gasteiger partial charge in [0.05, 0.1) is 17.6 Å². The second-order valence-corrected chi connectivity index (χ2v) is 3.95. The Balaban J connectivity index is 2.41. The van der Waals surface area contributed by atoms with Crippen molar-refractivity contribution in [2.24, 2.45) is 0 Å². The lowest BCUT2D eigenvalue weighted by Crippen LogP contribution is -2.05. The Kier molecular flexibility index (Phi) is 3.41. The molecule has 2 aromatic heterocycles. The third kappa shape index (κ3) is 2.25. The number of carboxylic acids is 1. The fourth-order valence-electron chi connectivity index (χ4n) is 1.76. The number of nitrogens with zero attached hydrogens (tertiary/aromatic N) is 3. The van der Waals surface area contributed by atoms with Crippen molar-refractivity contribution in [1.82, 2.24) is 14.8 Å². The fraction of sp³-hybridized carbons (Fsp3) is 0.308. The molecule has 0 saturated carbocycles. The zero-order valence-corrected chi connectivity index (χ0v) is 10.4. The highest BCUT2D eigenvalue weighted by molar-refractivity contribution is 5.85. The summed E-state index contributed by atoms with van der Waals surface area (Å²) in [6.45, 7) is 4.11. The second kappa shape index (κ2) is 5.00. The molecule has 94 valence electrons. The summed E-state index contributed by atoms with van der Waals surface area (Å²) in [6.07, 6.45) is 3.28. The predicted octanol–water partition coefficient (Wildman–Crippen LogP) is 2.09. The van der Waals surface area contributed by atoms with Gasteiger partial charge in [-0.1, -0.05) is 13.8 Å². The molecule has 2 aromatic rings. The molecule has 0 aromatic carbocycles. The van der Waals surface area contributed by atoms with Gasteiger partial charge in [-0.05, 0) is 31.0 Å². The van der Waals surface area contributed by atoms with E-state index in [0.29, 0.717) is 0 Å². The summed E-state index contributed by atoms with van der Waals surface area (Å²) >= 11 is 0. The second-order valence-electron chi connectivity index (χ2n) is 3.95. The van der Waals surface area contributed by atoms with Crippen LogP contribution in [0.3, 0.4) is 0 Å². The molecule has 0 aliphatic carbocycles. The summed E-state index contributed by atoms with van der Waals surface area (Å²) in [4.78, 5) is 14.6. The molecule has 0 fully saturated rings.